The lowest BCUT2D eigenvalue weighted by molar-refractivity contribution is 0.476. The molecule has 0 radical (unpaired) electrons. The van der Waals surface area contributed by atoms with Gasteiger partial charge in [0.15, 0.2) is 0 Å². The molecule has 3 heteroatoms. The summed E-state index contributed by atoms with van der Waals surface area (Å²) >= 11 is 3.66. The number of rotatable bonds is 2. The summed E-state index contributed by atoms with van der Waals surface area (Å²) in [5, 5.41) is 8.87. The van der Waals surface area contributed by atoms with Gasteiger partial charge in [-0.05, 0) is 66.7 Å². The van der Waals surface area contributed by atoms with E-state index in [1.54, 1.807) is 0 Å². The van der Waals surface area contributed by atoms with Gasteiger partial charge in [0.2, 0.25) is 0 Å². The van der Waals surface area contributed by atoms with Crippen molar-refractivity contribution >= 4 is 21.6 Å². The van der Waals surface area contributed by atoms with E-state index in [0.29, 0.717) is 12.3 Å². The third-order valence-electron chi connectivity index (χ3n) is 3.73. The van der Waals surface area contributed by atoms with Gasteiger partial charge in [-0.15, -0.1) is 0 Å². The number of nitriles is 1. The van der Waals surface area contributed by atoms with Crippen LogP contribution < -0.4 is 4.90 Å². The molecule has 2 nitrogen and oxygen atoms in total. The molecular weight excluding hydrogens is 288 g/mol. The number of aryl methyl sites for hydroxylation is 1. The first-order valence-corrected chi connectivity index (χ1v) is 7.14. The van der Waals surface area contributed by atoms with Crippen LogP contribution >= 0.6 is 15.9 Å². The first-order chi connectivity index (χ1) is 8.44. The van der Waals surface area contributed by atoms with Gasteiger partial charge in [-0.25, -0.2) is 0 Å². The second kappa shape index (κ2) is 4.93. The van der Waals surface area contributed by atoms with Crippen molar-refractivity contribution in [2.24, 2.45) is 5.92 Å². The Balaban J connectivity index is 2.30. The highest BCUT2D eigenvalue weighted by Gasteiger charge is 2.38. The monoisotopic (exact) mass is 306 g/mol. The molecule has 0 bridgehead atoms. The third kappa shape index (κ3) is 2.54. The minimum Gasteiger partial charge on any atom is -0.365 e. The number of hydrogen-bond donors (Lipinski definition) is 0. The zero-order chi connectivity index (χ0) is 13.3. The second-order valence-electron chi connectivity index (χ2n) is 5.81. The topological polar surface area (TPSA) is 27.0 Å². The zero-order valence-electron chi connectivity index (χ0n) is 11.2. The summed E-state index contributed by atoms with van der Waals surface area (Å²) in [6, 6.07) is 8.78. The standard InChI is InChI=1S/C15H19BrN2/c1-11-4-5-14(13(16)8-11)18-10-12(6-7-17)9-15(18,2)3/h4-5,8,12H,6,9-10H2,1-3H3. The van der Waals surface area contributed by atoms with Crippen LogP contribution in [-0.4, -0.2) is 12.1 Å². The zero-order valence-corrected chi connectivity index (χ0v) is 12.8. The molecule has 18 heavy (non-hydrogen) atoms. The predicted octanol–water partition coefficient (Wildman–Crippen LogP) is 4.28. The van der Waals surface area contributed by atoms with Crippen LogP contribution in [0.25, 0.3) is 0 Å². The molecule has 0 aliphatic carbocycles. The predicted molar refractivity (Wildman–Crippen MR) is 78.6 cm³/mol. The molecule has 1 fully saturated rings. The van der Waals surface area contributed by atoms with Crippen LogP contribution in [0.1, 0.15) is 32.3 Å². The van der Waals surface area contributed by atoms with Crippen molar-refractivity contribution in [2.75, 3.05) is 11.4 Å². The Morgan fingerprint density at radius 3 is 2.83 bits per heavy atom. The van der Waals surface area contributed by atoms with Crippen molar-refractivity contribution < 1.29 is 0 Å². The summed E-state index contributed by atoms with van der Waals surface area (Å²) in [6.07, 6.45) is 1.74. The summed E-state index contributed by atoms with van der Waals surface area (Å²) in [4.78, 5) is 2.43. The summed E-state index contributed by atoms with van der Waals surface area (Å²) in [5.41, 5.74) is 2.63. The fourth-order valence-corrected chi connectivity index (χ4v) is 3.61. The van der Waals surface area contributed by atoms with E-state index in [9.17, 15) is 0 Å². The highest BCUT2D eigenvalue weighted by Crippen LogP contribution is 2.41. The Hall–Kier alpha value is -1.01. The number of halogens is 1. The lowest BCUT2D eigenvalue weighted by Gasteiger charge is -2.34. The van der Waals surface area contributed by atoms with Crippen LogP contribution in [0, 0.1) is 24.2 Å². The van der Waals surface area contributed by atoms with Crippen molar-refractivity contribution in [3.63, 3.8) is 0 Å². The van der Waals surface area contributed by atoms with Crippen molar-refractivity contribution in [1.82, 2.24) is 0 Å². The molecule has 2 rings (SSSR count). The van der Waals surface area contributed by atoms with Gasteiger partial charge in [0, 0.05) is 23.0 Å². The number of nitrogens with zero attached hydrogens (tertiary/aromatic N) is 2. The van der Waals surface area contributed by atoms with Gasteiger partial charge in [-0.1, -0.05) is 6.07 Å². The molecule has 0 spiro atoms. The summed E-state index contributed by atoms with van der Waals surface area (Å²) < 4.78 is 1.15. The van der Waals surface area contributed by atoms with Crippen LogP contribution in [0.5, 0.6) is 0 Å². The maximum Gasteiger partial charge on any atom is 0.0625 e. The highest BCUT2D eigenvalue weighted by molar-refractivity contribution is 9.10. The molecule has 1 aliphatic rings. The number of anilines is 1. The number of benzene rings is 1. The van der Waals surface area contributed by atoms with Gasteiger partial charge in [0.25, 0.3) is 0 Å². The molecule has 0 saturated carbocycles. The fourth-order valence-electron chi connectivity index (χ4n) is 2.91. The summed E-state index contributed by atoms with van der Waals surface area (Å²) in [7, 11) is 0. The smallest absolute Gasteiger partial charge is 0.0625 e. The SMILES string of the molecule is Cc1ccc(N2CC(CC#N)CC2(C)C)c(Br)c1. The van der Waals surface area contributed by atoms with Crippen molar-refractivity contribution in [3.05, 3.63) is 28.2 Å². The molecule has 96 valence electrons. The normalized spacial score (nSPS) is 21.9. The highest BCUT2D eigenvalue weighted by atomic mass is 79.9. The van der Waals surface area contributed by atoms with E-state index >= 15 is 0 Å². The van der Waals surface area contributed by atoms with Gasteiger partial charge < -0.3 is 4.90 Å². The first-order valence-electron chi connectivity index (χ1n) is 6.35. The lowest BCUT2D eigenvalue weighted by Crippen LogP contribution is -2.38. The van der Waals surface area contributed by atoms with E-state index in [1.165, 1.54) is 11.3 Å². The summed E-state index contributed by atoms with van der Waals surface area (Å²) in [6.45, 7) is 7.59. The van der Waals surface area contributed by atoms with Gasteiger partial charge >= 0.3 is 0 Å². The quantitative estimate of drug-likeness (QED) is 0.815. The molecule has 1 aromatic carbocycles. The molecule has 1 aromatic rings. The molecular formula is C15H19BrN2. The van der Waals surface area contributed by atoms with Crippen LogP contribution in [0.3, 0.4) is 0 Å². The number of hydrogen-bond acceptors (Lipinski definition) is 2. The minimum absolute atomic E-state index is 0.124. The van der Waals surface area contributed by atoms with E-state index < -0.39 is 0 Å². The summed E-state index contributed by atoms with van der Waals surface area (Å²) in [5.74, 6) is 0.484. The largest absolute Gasteiger partial charge is 0.365 e. The minimum atomic E-state index is 0.124. The molecule has 0 aromatic heterocycles. The third-order valence-corrected chi connectivity index (χ3v) is 4.37. The van der Waals surface area contributed by atoms with Crippen LogP contribution in [-0.2, 0) is 0 Å². The Morgan fingerprint density at radius 1 is 1.50 bits per heavy atom. The molecule has 1 atom stereocenters. The Kier molecular flexibility index (Phi) is 3.68. The average molecular weight is 307 g/mol. The van der Waals surface area contributed by atoms with Gasteiger partial charge in [-0.3, -0.25) is 0 Å². The van der Waals surface area contributed by atoms with Crippen molar-refractivity contribution in [2.45, 2.75) is 39.2 Å². The van der Waals surface area contributed by atoms with Crippen LogP contribution in [0.15, 0.2) is 22.7 Å². The molecule has 1 saturated heterocycles. The maximum atomic E-state index is 8.87. The molecule has 1 aliphatic heterocycles. The Morgan fingerprint density at radius 2 is 2.22 bits per heavy atom. The van der Waals surface area contributed by atoms with Crippen molar-refractivity contribution in [1.29, 1.82) is 5.26 Å². The van der Waals surface area contributed by atoms with Gasteiger partial charge in [-0.2, -0.15) is 5.26 Å². The van der Waals surface area contributed by atoms with Crippen LogP contribution in [0.2, 0.25) is 0 Å². The second-order valence-corrected chi connectivity index (χ2v) is 6.66. The van der Waals surface area contributed by atoms with E-state index in [1.807, 2.05) is 0 Å². The molecule has 0 amide bonds. The van der Waals surface area contributed by atoms with E-state index in [0.717, 1.165) is 17.4 Å². The Bertz CT molecular complexity index is 488. The van der Waals surface area contributed by atoms with E-state index in [2.05, 4.69) is 65.9 Å². The maximum absolute atomic E-state index is 8.87. The average Bonchev–Trinajstić information content (AvgIpc) is 2.54. The molecule has 0 N–H and O–H groups in total. The van der Waals surface area contributed by atoms with E-state index in [-0.39, 0.29) is 5.54 Å². The first kappa shape index (κ1) is 13.4. The lowest BCUT2D eigenvalue weighted by atomic mass is 9.94. The Labute approximate surface area is 118 Å². The van der Waals surface area contributed by atoms with Crippen molar-refractivity contribution in [3.8, 4) is 6.07 Å². The molecule has 1 heterocycles. The fraction of sp³-hybridized carbons (Fsp3) is 0.533. The van der Waals surface area contributed by atoms with Gasteiger partial charge in [0.1, 0.15) is 0 Å². The van der Waals surface area contributed by atoms with Gasteiger partial charge in [0.05, 0.1) is 11.8 Å². The van der Waals surface area contributed by atoms with E-state index in [4.69, 9.17) is 5.26 Å². The molecule has 1 unspecified atom stereocenters. The van der Waals surface area contributed by atoms with Crippen LogP contribution in [0.4, 0.5) is 5.69 Å².